The Kier molecular flexibility index (Phi) is 6.81. The summed E-state index contributed by atoms with van der Waals surface area (Å²) in [6, 6.07) is 8.84. The van der Waals surface area contributed by atoms with Crippen LogP contribution >= 0.6 is 0 Å². The maximum atomic E-state index is 2.48. The minimum absolute atomic E-state index is 0.0192. The van der Waals surface area contributed by atoms with Crippen LogP contribution in [0, 0.1) is 0 Å². The Morgan fingerprint density at radius 2 is 1.30 bits per heavy atom. The Hall–Kier alpha value is -0.900. The van der Waals surface area contributed by atoms with Gasteiger partial charge in [-0.05, 0) is 73.9 Å². The van der Waals surface area contributed by atoms with Crippen molar-refractivity contribution < 1.29 is 0 Å². The molecule has 0 amide bonds. The van der Waals surface area contributed by atoms with E-state index < -0.39 is 0 Å². The molecular weight excluding hydrogens is 282 g/mol. The fraction of sp³-hybridized carbons (Fsp3) is 0.700. The van der Waals surface area contributed by atoms with Crippen molar-refractivity contribution in [1.82, 2.24) is 14.7 Å². The number of nitrogens with zero attached hydrogens (tertiary/aromatic N) is 3. The van der Waals surface area contributed by atoms with Crippen LogP contribution in [0.5, 0.6) is 0 Å². The summed E-state index contributed by atoms with van der Waals surface area (Å²) in [5, 5.41) is 0. The van der Waals surface area contributed by atoms with Gasteiger partial charge >= 0.3 is 0 Å². The van der Waals surface area contributed by atoms with Crippen molar-refractivity contribution in [2.75, 3.05) is 41.3 Å². The molecular formula is C20H37N3. The van der Waals surface area contributed by atoms with Crippen LogP contribution in [-0.4, -0.2) is 61.5 Å². The van der Waals surface area contributed by atoms with Crippen molar-refractivity contribution in [1.29, 1.82) is 0 Å². The third-order valence-electron chi connectivity index (χ3n) is 5.03. The van der Waals surface area contributed by atoms with E-state index >= 15 is 0 Å². The van der Waals surface area contributed by atoms with Gasteiger partial charge in [0.2, 0.25) is 0 Å². The number of hydrogen-bond donors (Lipinski definition) is 0. The Balaban J connectivity index is 2.89. The van der Waals surface area contributed by atoms with E-state index in [1.165, 1.54) is 11.1 Å². The summed E-state index contributed by atoms with van der Waals surface area (Å²) >= 11 is 0. The van der Waals surface area contributed by atoms with Gasteiger partial charge in [0, 0.05) is 30.7 Å². The van der Waals surface area contributed by atoms with E-state index in [2.05, 4.69) is 102 Å². The van der Waals surface area contributed by atoms with Crippen LogP contribution in [0.3, 0.4) is 0 Å². The molecule has 0 radical (unpaired) electrons. The van der Waals surface area contributed by atoms with Gasteiger partial charge in [-0.2, -0.15) is 0 Å². The summed E-state index contributed by atoms with van der Waals surface area (Å²) in [7, 11) is 8.71. The van der Waals surface area contributed by atoms with E-state index in [0.29, 0.717) is 0 Å². The fourth-order valence-corrected chi connectivity index (χ4v) is 2.72. The van der Waals surface area contributed by atoms with Gasteiger partial charge in [0.25, 0.3) is 0 Å². The molecule has 0 aliphatic heterocycles. The molecule has 0 spiro atoms. The van der Waals surface area contributed by atoms with Gasteiger partial charge < -0.3 is 9.80 Å². The quantitative estimate of drug-likeness (QED) is 0.759. The second kappa shape index (κ2) is 7.78. The Morgan fingerprint density at radius 3 is 1.83 bits per heavy atom. The highest BCUT2D eigenvalue weighted by Gasteiger charge is 2.28. The zero-order valence-corrected chi connectivity index (χ0v) is 16.8. The number of benzene rings is 1. The smallest absolute Gasteiger partial charge is 0.0405 e. The molecule has 0 heterocycles. The zero-order chi connectivity index (χ0) is 17.8. The van der Waals surface area contributed by atoms with Crippen molar-refractivity contribution >= 4 is 0 Å². The molecule has 3 nitrogen and oxygen atoms in total. The molecule has 0 bridgehead atoms. The van der Waals surface area contributed by atoms with Crippen molar-refractivity contribution in [2.24, 2.45) is 0 Å². The van der Waals surface area contributed by atoms with Gasteiger partial charge in [-0.15, -0.1) is 0 Å². The number of hydrogen-bond acceptors (Lipinski definition) is 3. The number of rotatable bonds is 7. The van der Waals surface area contributed by atoms with Crippen LogP contribution in [0.4, 0.5) is 0 Å². The Bertz CT molecular complexity index is 486. The maximum absolute atomic E-state index is 2.48. The van der Waals surface area contributed by atoms with Crippen molar-refractivity contribution in [3.63, 3.8) is 0 Å². The summed E-state index contributed by atoms with van der Waals surface area (Å²) in [5.74, 6) is 0. The first-order valence-corrected chi connectivity index (χ1v) is 8.62. The first kappa shape index (κ1) is 20.1. The second-order valence-corrected chi connectivity index (χ2v) is 8.47. The van der Waals surface area contributed by atoms with E-state index in [4.69, 9.17) is 0 Å². The monoisotopic (exact) mass is 319 g/mol. The SMILES string of the molecule is CN(C)Cc1ccccc1C(C)(C)N(C)CCN(C)C(C)(C)C. The van der Waals surface area contributed by atoms with Crippen LogP contribution < -0.4 is 0 Å². The molecule has 0 aliphatic rings. The van der Waals surface area contributed by atoms with E-state index in [0.717, 1.165) is 19.6 Å². The van der Waals surface area contributed by atoms with E-state index in [-0.39, 0.29) is 11.1 Å². The fourth-order valence-electron chi connectivity index (χ4n) is 2.72. The summed E-state index contributed by atoms with van der Waals surface area (Å²) < 4.78 is 0. The highest BCUT2D eigenvalue weighted by atomic mass is 15.2. The predicted molar refractivity (Wildman–Crippen MR) is 102 cm³/mol. The molecule has 0 N–H and O–H groups in total. The molecule has 23 heavy (non-hydrogen) atoms. The van der Waals surface area contributed by atoms with Gasteiger partial charge in [-0.25, -0.2) is 0 Å². The topological polar surface area (TPSA) is 9.72 Å². The third-order valence-corrected chi connectivity index (χ3v) is 5.03. The van der Waals surface area contributed by atoms with Crippen LogP contribution in [0.15, 0.2) is 24.3 Å². The molecule has 0 atom stereocenters. The lowest BCUT2D eigenvalue weighted by molar-refractivity contribution is 0.105. The van der Waals surface area contributed by atoms with Crippen LogP contribution in [0.2, 0.25) is 0 Å². The van der Waals surface area contributed by atoms with Crippen LogP contribution in [0.1, 0.15) is 45.7 Å². The molecule has 132 valence electrons. The summed E-state index contributed by atoms with van der Waals surface area (Å²) in [5.41, 5.74) is 3.08. The molecule has 0 unspecified atom stereocenters. The predicted octanol–water partition coefficient (Wildman–Crippen LogP) is 3.65. The molecule has 1 aromatic rings. The van der Waals surface area contributed by atoms with Crippen molar-refractivity contribution in [3.8, 4) is 0 Å². The molecule has 0 saturated heterocycles. The summed E-state index contributed by atoms with van der Waals surface area (Å²) in [6.45, 7) is 14.6. The Labute approximate surface area is 144 Å². The lowest BCUT2D eigenvalue weighted by Gasteiger charge is -2.40. The van der Waals surface area contributed by atoms with Crippen molar-refractivity contribution in [2.45, 2.75) is 52.2 Å². The van der Waals surface area contributed by atoms with Gasteiger partial charge in [-0.3, -0.25) is 4.90 Å². The highest BCUT2D eigenvalue weighted by Crippen LogP contribution is 2.30. The molecule has 0 fully saturated rings. The third kappa shape index (κ3) is 5.59. The van der Waals surface area contributed by atoms with E-state index in [9.17, 15) is 0 Å². The van der Waals surface area contributed by atoms with Crippen LogP contribution in [0.25, 0.3) is 0 Å². The highest BCUT2D eigenvalue weighted by molar-refractivity contribution is 5.33. The largest absolute Gasteiger partial charge is 0.305 e. The minimum atomic E-state index is 0.0192. The van der Waals surface area contributed by atoms with Gasteiger partial charge in [-0.1, -0.05) is 24.3 Å². The molecule has 3 heteroatoms. The van der Waals surface area contributed by atoms with Crippen LogP contribution in [-0.2, 0) is 12.1 Å². The average Bonchev–Trinajstić information content (AvgIpc) is 2.42. The van der Waals surface area contributed by atoms with E-state index in [1.54, 1.807) is 0 Å². The average molecular weight is 320 g/mol. The minimum Gasteiger partial charge on any atom is -0.305 e. The molecule has 1 aromatic carbocycles. The normalized spacial score (nSPS) is 13.4. The zero-order valence-electron chi connectivity index (χ0n) is 16.8. The molecule has 1 rings (SSSR count). The standard InChI is InChI=1S/C20H37N3/c1-19(2,3)22(8)14-15-23(9)20(4,5)18-13-11-10-12-17(18)16-21(6)7/h10-13H,14-16H2,1-9H3. The van der Waals surface area contributed by atoms with Gasteiger partial charge in [0.1, 0.15) is 0 Å². The van der Waals surface area contributed by atoms with Gasteiger partial charge in [0.15, 0.2) is 0 Å². The van der Waals surface area contributed by atoms with Gasteiger partial charge in [0.05, 0.1) is 0 Å². The first-order chi connectivity index (χ1) is 10.5. The second-order valence-electron chi connectivity index (χ2n) is 8.47. The molecule has 0 aliphatic carbocycles. The summed E-state index contributed by atoms with van der Waals surface area (Å²) in [4.78, 5) is 7.14. The lowest BCUT2D eigenvalue weighted by atomic mass is 9.88. The first-order valence-electron chi connectivity index (χ1n) is 8.62. The lowest BCUT2D eigenvalue weighted by Crippen LogP contribution is -2.46. The molecule has 0 aromatic heterocycles. The van der Waals surface area contributed by atoms with E-state index in [1.807, 2.05) is 0 Å². The Morgan fingerprint density at radius 1 is 0.783 bits per heavy atom. The maximum Gasteiger partial charge on any atom is 0.0405 e. The summed E-state index contributed by atoms with van der Waals surface area (Å²) in [6.07, 6.45) is 0. The molecule has 0 saturated carbocycles. The van der Waals surface area contributed by atoms with Crippen molar-refractivity contribution in [3.05, 3.63) is 35.4 Å². The number of likely N-dealkylation sites (N-methyl/N-ethyl adjacent to an activating group) is 2.